The number of alkyl halides is 3. The Morgan fingerprint density at radius 2 is 2.00 bits per heavy atom. The van der Waals surface area contributed by atoms with Crippen LogP contribution in [0.25, 0.3) is 5.65 Å². The number of carbonyl (C=O) groups excluding carboxylic acids is 1. The van der Waals surface area contributed by atoms with Gasteiger partial charge in [0.25, 0.3) is 5.91 Å². The average molecular weight is 386 g/mol. The van der Waals surface area contributed by atoms with E-state index in [4.69, 9.17) is 11.6 Å². The number of amides is 1. The monoisotopic (exact) mass is 385 g/mol. The molecule has 0 atom stereocenters. The minimum absolute atomic E-state index is 0.0231. The molecule has 9 heteroatoms. The van der Waals surface area contributed by atoms with Gasteiger partial charge in [-0.1, -0.05) is 18.5 Å². The first-order chi connectivity index (χ1) is 12.2. The van der Waals surface area contributed by atoms with Gasteiger partial charge >= 0.3 is 6.18 Å². The van der Waals surface area contributed by atoms with E-state index in [0.29, 0.717) is 17.8 Å². The molecule has 1 amide bonds. The Bertz CT molecular complexity index is 998. The first-order valence-electron chi connectivity index (χ1n) is 7.55. The predicted molar refractivity (Wildman–Crippen MR) is 88.9 cm³/mol. The zero-order chi connectivity index (χ0) is 19.1. The van der Waals surface area contributed by atoms with Crippen molar-refractivity contribution in [1.82, 2.24) is 9.38 Å². The van der Waals surface area contributed by atoms with Gasteiger partial charge in [0.15, 0.2) is 0 Å². The highest BCUT2D eigenvalue weighted by Crippen LogP contribution is 2.36. The molecule has 0 bridgehead atoms. The number of fused-ring (bicyclic) bond motifs is 1. The standard InChI is InChI=1S/C17H12ClF4N3O/c1-2-12-15(25-8-10(19)4-6-14(25)23-12)16(26)24-13-5-3-9(18)7-11(13)17(20,21)22/h3-8H,2H2,1H3,(H,24,26). The van der Waals surface area contributed by atoms with Crippen molar-refractivity contribution in [3.63, 3.8) is 0 Å². The number of nitrogens with one attached hydrogen (secondary N) is 1. The van der Waals surface area contributed by atoms with Gasteiger partial charge in [0.1, 0.15) is 17.2 Å². The number of hydrogen-bond donors (Lipinski definition) is 1. The molecule has 26 heavy (non-hydrogen) atoms. The Balaban J connectivity index is 2.07. The molecule has 3 aromatic rings. The van der Waals surface area contributed by atoms with Crippen LogP contribution in [0.2, 0.25) is 5.02 Å². The van der Waals surface area contributed by atoms with E-state index in [9.17, 15) is 22.4 Å². The van der Waals surface area contributed by atoms with E-state index in [-0.39, 0.29) is 10.7 Å². The van der Waals surface area contributed by atoms with Gasteiger partial charge in [0, 0.05) is 11.2 Å². The van der Waals surface area contributed by atoms with Gasteiger partial charge in [-0.2, -0.15) is 13.2 Å². The van der Waals surface area contributed by atoms with E-state index >= 15 is 0 Å². The maximum Gasteiger partial charge on any atom is 0.418 e. The summed E-state index contributed by atoms with van der Waals surface area (Å²) in [4.78, 5) is 16.9. The van der Waals surface area contributed by atoms with E-state index < -0.39 is 29.2 Å². The van der Waals surface area contributed by atoms with E-state index in [2.05, 4.69) is 10.3 Å². The molecular formula is C17H12ClF4N3O. The van der Waals surface area contributed by atoms with Gasteiger partial charge in [-0.25, -0.2) is 9.37 Å². The lowest BCUT2D eigenvalue weighted by Gasteiger charge is -2.14. The molecule has 0 unspecified atom stereocenters. The zero-order valence-electron chi connectivity index (χ0n) is 13.4. The summed E-state index contributed by atoms with van der Waals surface area (Å²) in [6, 6.07) is 5.60. The van der Waals surface area contributed by atoms with Crippen LogP contribution in [-0.4, -0.2) is 15.3 Å². The molecule has 2 heterocycles. The summed E-state index contributed by atoms with van der Waals surface area (Å²) in [5, 5.41) is 2.12. The van der Waals surface area contributed by atoms with Crippen molar-refractivity contribution < 1.29 is 22.4 Å². The number of aromatic nitrogens is 2. The molecule has 4 nitrogen and oxygen atoms in total. The van der Waals surface area contributed by atoms with Crippen LogP contribution in [0.4, 0.5) is 23.2 Å². The second-order valence-corrected chi connectivity index (χ2v) is 5.91. The minimum Gasteiger partial charge on any atom is -0.320 e. The van der Waals surface area contributed by atoms with Crippen molar-refractivity contribution >= 4 is 28.8 Å². The highest BCUT2D eigenvalue weighted by atomic mass is 35.5. The van der Waals surface area contributed by atoms with Crippen LogP contribution >= 0.6 is 11.6 Å². The fourth-order valence-electron chi connectivity index (χ4n) is 2.60. The molecule has 0 saturated heterocycles. The Labute approximate surface area is 150 Å². The first-order valence-corrected chi connectivity index (χ1v) is 7.93. The van der Waals surface area contributed by atoms with Crippen molar-refractivity contribution in [2.45, 2.75) is 19.5 Å². The number of anilines is 1. The summed E-state index contributed by atoms with van der Waals surface area (Å²) in [5.74, 6) is -1.43. The van der Waals surface area contributed by atoms with Gasteiger partial charge < -0.3 is 5.32 Å². The molecule has 1 aromatic carbocycles. The summed E-state index contributed by atoms with van der Waals surface area (Å²) in [5.41, 5.74) is -0.877. The normalized spacial score (nSPS) is 11.8. The molecule has 2 aromatic heterocycles. The van der Waals surface area contributed by atoms with Crippen LogP contribution in [0.5, 0.6) is 0 Å². The van der Waals surface area contributed by atoms with Gasteiger partial charge in [-0.3, -0.25) is 9.20 Å². The molecular weight excluding hydrogens is 374 g/mol. The molecule has 1 N–H and O–H groups in total. The van der Waals surface area contributed by atoms with Crippen molar-refractivity contribution in [1.29, 1.82) is 0 Å². The van der Waals surface area contributed by atoms with Crippen LogP contribution in [0.15, 0.2) is 36.5 Å². The molecule has 0 fully saturated rings. The molecule has 136 valence electrons. The number of imidazole rings is 1. The average Bonchev–Trinajstić information content (AvgIpc) is 2.93. The first kappa shape index (κ1) is 18.2. The molecule has 3 rings (SSSR count). The second-order valence-electron chi connectivity index (χ2n) is 5.48. The Hall–Kier alpha value is -2.61. The summed E-state index contributed by atoms with van der Waals surface area (Å²) >= 11 is 5.63. The summed E-state index contributed by atoms with van der Waals surface area (Å²) in [6.45, 7) is 1.73. The van der Waals surface area contributed by atoms with Crippen LogP contribution in [-0.2, 0) is 12.6 Å². The summed E-state index contributed by atoms with van der Waals surface area (Å²) in [6.07, 6.45) is -3.30. The number of nitrogens with zero attached hydrogens (tertiary/aromatic N) is 2. The lowest BCUT2D eigenvalue weighted by molar-refractivity contribution is -0.136. The molecule has 0 saturated carbocycles. The van der Waals surface area contributed by atoms with Crippen LogP contribution in [0.3, 0.4) is 0 Å². The Kier molecular flexibility index (Phi) is 4.62. The second kappa shape index (κ2) is 6.60. The van der Waals surface area contributed by atoms with Crippen molar-refractivity contribution in [3.05, 3.63) is 64.3 Å². The molecule has 0 aliphatic heterocycles. The van der Waals surface area contributed by atoms with Crippen molar-refractivity contribution in [2.75, 3.05) is 5.32 Å². The smallest absolute Gasteiger partial charge is 0.320 e. The van der Waals surface area contributed by atoms with E-state index in [1.807, 2.05) is 0 Å². The third-order valence-electron chi connectivity index (χ3n) is 3.74. The van der Waals surface area contributed by atoms with Gasteiger partial charge in [-0.15, -0.1) is 0 Å². The number of carbonyl (C=O) groups is 1. The lowest BCUT2D eigenvalue weighted by atomic mass is 10.1. The van der Waals surface area contributed by atoms with E-state index in [0.717, 1.165) is 18.3 Å². The number of rotatable bonds is 3. The Morgan fingerprint density at radius 3 is 2.65 bits per heavy atom. The Morgan fingerprint density at radius 1 is 1.27 bits per heavy atom. The van der Waals surface area contributed by atoms with E-state index in [1.165, 1.54) is 22.6 Å². The largest absolute Gasteiger partial charge is 0.418 e. The topological polar surface area (TPSA) is 46.4 Å². The van der Waals surface area contributed by atoms with Crippen molar-refractivity contribution in [3.8, 4) is 0 Å². The maximum absolute atomic E-state index is 13.5. The van der Waals surface area contributed by atoms with Gasteiger partial charge in [0.2, 0.25) is 0 Å². The highest BCUT2D eigenvalue weighted by Gasteiger charge is 2.34. The minimum atomic E-state index is -4.70. The summed E-state index contributed by atoms with van der Waals surface area (Å²) in [7, 11) is 0. The third kappa shape index (κ3) is 3.37. The van der Waals surface area contributed by atoms with Crippen LogP contribution < -0.4 is 5.32 Å². The SMILES string of the molecule is CCc1nc2ccc(F)cn2c1C(=O)Nc1ccc(Cl)cc1C(F)(F)F. The number of hydrogen-bond acceptors (Lipinski definition) is 2. The number of benzene rings is 1. The van der Waals surface area contributed by atoms with E-state index in [1.54, 1.807) is 6.92 Å². The molecule has 0 spiro atoms. The number of halogens is 5. The third-order valence-corrected chi connectivity index (χ3v) is 3.97. The van der Waals surface area contributed by atoms with Crippen LogP contribution in [0, 0.1) is 5.82 Å². The van der Waals surface area contributed by atoms with Crippen LogP contribution in [0.1, 0.15) is 28.7 Å². The maximum atomic E-state index is 13.5. The number of aryl methyl sites for hydroxylation is 1. The van der Waals surface area contributed by atoms with Gasteiger partial charge in [0.05, 0.1) is 16.9 Å². The summed E-state index contributed by atoms with van der Waals surface area (Å²) < 4.78 is 54.3. The molecule has 0 radical (unpaired) electrons. The molecule has 0 aliphatic rings. The lowest BCUT2D eigenvalue weighted by Crippen LogP contribution is -2.19. The predicted octanol–water partition coefficient (Wildman–Crippen LogP) is 4.96. The highest BCUT2D eigenvalue weighted by molar-refractivity contribution is 6.30. The van der Waals surface area contributed by atoms with Gasteiger partial charge in [-0.05, 0) is 36.8 Å². The fraction of sp³-hybridized carbons (Fsp3) is 0.176. The quantitative estimate of drug-likeness (QED) is 0.648. The molecule has 0 aliphatic carbocycles. The number of pyridine rings is 1. The van der Waals surface area contributed by atoms with Crippen molar-refractivity contribution in [2.24, 2.45) is 0 Å². The zero-order valence-corrected chi connectivity index (χ0v) is 14.1. The fourth-order valence-corrected chi connectivity index (χ4v) is 2.77.